The number of likely N-dealkylation sites (tertiary alicyclic amines) is 1. The molecule has 0 aromatic heterocycles. The van der Waals surface area contributed by atoms with Gasteiger partial charge in [0.15, 0.2) is 0 Å². The summed E-state index contributed by atoms with van der Waals surface area (Å²) in [5, 5.41) is 15.2. The fourth-order valence-electron chi connectivity index (χ4n) is 4.88. The predicted molar refractivity (Wildman–Crippen MR) is 101 cm³/mol. The molecule has 2 bridgehead atoms. The molecule has 3 amide bonds. The number of amides is 3. The van der Waals surface area contributed by atoms with Gasteiger partial charge in [0.1, 0.15) is 11.6 Å². The van der Waals surface area contributed by atoms with Crippen molar-refractivity contribution in [3.8, 4) is 0 Å². The van der Waals surface area contributed by atoms with Gasteiger partial charge < -0.3 is 25.4 Å². The van der Waals surface area contributed by atoms with Crippen molar-refractivity contribution in [3.05, 3.63) is 0 Å². The Labute approximate surface area is 167 Å². The molecule has 3 rings (SSSR count). The van der Waals surface area contributed by atoms with Crippen LogP contribution in [0.5, 0.6) is 0 Å². The monoisotopic (exact) mass is 445 g/mol. The molecule has 0 radical (unpaired) electrons. The third-order valence-corrected chi connectivity index (χ3v) is 6.94. The molecule has 7 atom stereocenters. The lowest BCUT2D eigenvalue weighted by atomic mass is 9.70. The second-order valence-corrected chi connectivity index (χ2v) is 8.88. The zero-order chi connectivity index (χ0) is 19.9. The molecule has 3 aliphatic heterocycles. The Balaban J connectivity index is 2.00. The fraction of sp³-hybridized carbons (Fsp3) is 0.833. The van der Waals surface area contributed by atoms with Crippen molar-refractivity contribution in [1.29, 1.82) is 0 Å². The Morgan fingerprint density at radius 2 is 2.15 bits per heavy atom. The SMILES string of the molecule is CCCCNC(=O)C1N([C@H](C)CO)C(=O)[C@@H]2[C@H](C(=O)NC)[C@H]3OC12CC3Br. The Kier molecular flexibility index (Phi) is 5.84. The van der Waals surface area contributed by atoms with E-state index in [0.717, 1.165) is 12.8 Å². The average molecular weight is 446 g/mol. The number of nitrogens with one attached hydrogen (secondary N) is 2. The van der Waals surface area contributed by atoms with Crippen LogP contribution in [0.15, 0.2) is 0 Å². The number of alkyl halides is 1. The minimum absolute atomic E-state index is 0.112. The molecule has 0 saturated carbocycles. The van der Waals surface area contributed by atoms with Gasteiger partial charge in [-0.2, -0.15) is 0 Å². The van der Waals surface area contributed by atoms with Crippen LogP contribution in [0.3, 0.4) is 0 Å². The number of hydrogen-bond acceptors (Lipinski definition) is 5. The van der Waals surface area contributed by atoms with Crippen molar-refractivity contribution in [3.63, 3.8) is 0 Å². The Hall–Kier alpha value is -1.19. The molecular formula is C18H28BrN3O5. The third kappa shape index (κ3) is 2.98. The first-order valence-electron chi connectivity index (χ1n) is 9.58. The van der Waals surface area contributed by atoms with Crippen LogP contribution in [0.1, 0.15) is 33.1 Å². The number of hydrogen-bond donors (Lipinski definition) is 3. The Bertz CT molecular complexity index is 632. The first kappa shape index (κ1) is 20.5. The highest BCUT2D eigenvalue weighted by Gasteiger charge is 2.76. The molecule has 9 heteroatoms. The van der Waals surface area contributed by atoms with Crippen LogP contribution >= 0.6 is 15.9 Å². The molecule has 3 heterocycles. The molecule has 1 spiro atoms. The minimum Gasteiger partial charge on any atom is -0.394 e. The predicted octanol–water partition coefficient (Wildman–Crippen LogP) is -0.222. The lowest BCUT2D eigenvalue weighted by molar-refractivity contribution is -0.145. The topological polar surface area (TPSA) is 108 Å². The van der Waals surface area contributed by atoms with Crippen LogP contribution in [0.4, 0.5) is 0 Å². The number of carbonyl (C=O) groups excluding carboxylic acids is 3. The summed E-state index contributed by atoms with van der Waals surface area (Å²) in [5.41, 5.74) is -1.05. The smallest absolute Gasteiger partial charge is 0.245 e. The van der Waals surface area contributed by atoms with Crippen LogP contribution in [0, 0.1) is 11.8 Å². The normalized spacial score (nSPS) is 38.0. The van der Waals surface area contributed by atoms with Gasteiger partial charge >= 0.3 is 0 Å². The number of rotatable bonds is 7. The first-order chi connectivity index (χ1) is 12.8. The third-order valence-electron chi connectivity index (χ3n) is 6.09. The number of fused-ring (bicyclic) bond motifs is 1. The van der Waals surface area contributed by atoms with Gasteiger partial charge in [-0.25, -0.2) is 0 Å². The van der Waals surface area contributed by atoms with Gasteiger partial charge in [-0.1, -0.05) is 29.3 Å². The van der Waals surface area contributed by atoms with E-state index in [1.807, 2.05) is 6.92 Å². The molecule has 3 saturated heterocycles. The second kappa shape index (κ2) is 7.67. The zero-order valence-electron chi connectivity index (χ0n) is 15.9. The number of nitrogens with zero attached hydrogens (tertiary/aromatic N) is 1. The molecule has 3 aliphatic rings. The number of aliphatic hydroxyl groups excluding tert-OH is 1. The average Bonchev–Trinajstić information content (AvgIpc) is 3.24. The van der Waals surface area contributed by atoms with Crippen molar-refractivity contribution in [2.24, 2.45) is 11.8 Å². The molecule has 152 valence electrons. The first-order valence-corrected chi connectivity index (χ1v) is 10.5. The maximum absolute atomic E-state index is 13.3. The van der Waals surface area contributed by atoms with E-state index >= 15 is 0 Å². The molecule has 0 aliphatic carbocycles. The van der Waals surface area contributed by atoms with E-state index in [1.165, 1.54) is 11.9 Å². The van der Waals surface area contributed by atoms with Crippen molar-refractivity contribution in [2.75, 3.05) is 20.2 Å². The molecular weight excluding hydrogens is 418 g/mol. The summed E-state index contributed by atoms with van der Waals surface area (Å²) in [4.78, 5) is 40.3. The van der Waals surface area contributed by atoms with Crippen LogP contribution in [0.25, 0.3) is 0 Å². The lowest BCUT2D eigenvalue weighted by Crippen LogP contribution is -2.57. The van der Waals surface area contributed by atoms with Crippen molar-refractivity contribution in [2.45, 2.75) is 61.7 Å². The summed E-state index contributed by atoms with van der Waals surface area (Å²) >= 11 is 3.58. The van der Waals surface area contributed by atoms with E-state index in [0.29, 0.717) is 13.0 Å². The summed E-state index contributed by atoms with van der Waals surface area (Å²) in [6, 6.07) is -1.39. The summed E-state index contributed by atoms with van der Waals surface area (Å²) in [7, 11) is 1.53. The second-order valence-electron chi connectivity index (χ2n) is 7.70. The van der Waals surface area contributed by atoms with Crippen LogP contribution in [-0.2, 0) is 19.1 Å². The summed E-state index contributed by atoms with van der Waals surface area (Å²) in [6.07, 6.45) is 1.80. The molecule has 3 unspecified atom stereocenters. The zero-order valence-corrected chi connectivity index (χ0v) is 17.5. The molecule has 0 aromatic rings. The van der Waals surface area contributed by atoms with Gasteiger partial charge in [-0.3, -0.25) is 14.4 Å². The highest BCUT2D eigenvalue weighted by atomic mass is 79.9. The molecule has 27 heavy (non-hydrogen) atoms. The largest absolute Gasteiger partial charge is 0.394 e. The number of carbonyl (C=O) groups is 3. The summed E-state index contributed by atoms with van der Waals surface area (Å²) in [5.74, 6) is -2.19. The van der Waals surface area contributed by atoms with E-state index in [4.69, 9.17) is 4.74 Å². The van der Waals surface area contributed by atoms with Gasteiger partial charge in [0, 0.05) is 18.4 Å². The van der Waals surface area contributed by atoms with Crippen molar-refractivity contribution < 1.29 is 24.2 Å². The summed E-state index contributed by atoms with van der Waals surface area (Å²) in [6.45, 7) is 3.99. The molecule has 3 N–H and O–H groups in total. The molecule has 3 fully saturated rings. The van der Waals surface area contributed by atoms with E-state index < -0.39 is 35.6 Å². The van der Waals surface area contributed by atoms with Crippen molar-refractivity contribution in [1.82, 2.24) is 15.5 Å². The maximum atomic E-state index is 13.3. The van der Waals surface area contributed by atoms with Crippen LogP contribution in [-0.4, -0.2) is 76.5 Å². The summed E-state index contributed by atoms with van der Waals surface area (Å²) < 4.78 is 6.25. The van der Waals surface area contributed by atoms with E-state index in [1.54, 1.807) is 6.92 Å². The van der Waals surface area contributed by atoms with Crippen LogP contribution in [0.2, 0.25) is 0 Å². The van der Waals surface area contributed by atoms with E-state index in [-0.39, 0.29) is 29.2 Å². The highest BCUT2D eigenvalue weighted by molar-refractivity contribution is 9.09. The van der Waals surface area contributed by atoms with Crippen molar-refractivity contribution >= 4 is 33.7 Å². The highest BCUT2D eigenvalue weighted by Crippen LogP contribution is 2.60. The minimum atomic E-state index is -1.05. The standard InChI is InChI=1S/C18H28BrN3O5/c1-4-5-6-21-16(25)14-18-7-10(19)13(27-18)11(15(24)20-3)12(18)17(26)22(14)9(2)8-23/h9-14,23H,4-8H2,1-3H3,(H,20,24)(H,21,25)/t9-,10?,11+,12+,13+,14?,18?/m1/s1. The Morgan fingerprint density at radius 1 is 1.44 bits per heavy atom. The van der Waals surface area contributed by atoms with Gasteiger partial charge in [-0.15, -0.1) is 0 Å². The quantitative estimate of drug-likeness (QED) is 0.370. The number of unbranched alkanes of at least 4 members (excludes halogenated alkanes) is 1. The van der Waals surface area contributed by atoms with Gasteiger partial charge in [0.2, 0.25) is 17.7 Å². The molecule has 0 aromatic carbocycles. The number of aliphatic hydroxyl groups is 1. The molecule has 8 nitrogen and oxygen atoms in total. The number of halogens is 1. The van der Waals surface area contributed by atoms with Gasteiger partial charge in [-0.05, 0) is 19.8 Å². The number of ether oxygens (including phenoxy) is 1. The van der Waals surface area contributed by atoms with Gasteiger partial charge in [0.25, 0.3) is 0 Å². The van der Waals surface area contributed by atoms with Crippen LogP contribution < -0.4 is 10.6 Å². The van der Waals surface area contributed by atoms with E-state index in [9.17, 15) is 19.5 Å². The maximum Gasteiger partial charge on any atom is 0.245 e. The Morgan fingerprint density at radius 3 is 2.74 bits per heavy atom. The van der Waals surface area contributed by atoms with E-state index in [2.05, 4.69) is 26.6 Å². The van der Waals surface area contributed by atoms with Gasteiger partial charge in [0.05, 0.1) is 30.6 Å². The lowest BCUT2D eigenvalue weighted by Gasteiger charge is -2.35. The fourth-order valence-corrected chi connectivity index (χ4v) is 5.82.